The highest BCUT2D eigenvalue weighted by Gasteiger charge is 2.23. The van der Waals surface area contributed by atoms with Crippen molar-refractivity contribution in [1.82, 2.24) is 9.97 Å². The molecule has 1 N–H and O–H groups in total. The summed E-state index contributed by atoms with van der Waals surface area (Å²) in [6.45, 7) is 5.26. The van der Waals surface area contributed by atoms with E-state index in [1.165, 1.54) is 18.5 Å². The molecule has 0 amide bonds. The number of aliphatic hydroxyl groups excluding tert-OH is 1. The minimum absolute atomic E-state index is 0.220. The zero-order valence-electron chi connectivity index (χ0n) is 12.9. The minimum atomic E-state index is -0.553. The van der Waals surface area contributed by atoms with Gasteiger partial charge in [0.25, 0.3) is 0 Å². The van der Waals surface area contributed by atoms with Gasteiger partial charge in [-0.2, -0.15) is 0 Å². The topological polar surface area (TPSA) is 63.1 Å². The summed E-state index contributed by atoms with van der Waals surface area (Å²) in [6.07, 6.45) is 3.41. The molecular weight excluding hydrogens is 283 g/mol. The maximum Gasteiger partial charge on any atom is 0.191 e. The van der Waals surface area contributed by atoms with Gasteiger partial charge in [0.1, 0.15) is 18.2 Å². The summed E-state index contributed by atoms with van der Waals surface area (Å²) in [7, 11) is 0. The molecule has 1 aromatic heterocycles. The van der Waals surface area contributed by atoms with Crippen molar-refractivity contribution in [2.45, 2.75) is 32.6 Å². The zero-order valence-corrected chi connectivity index (χ0v) is 12.9. The highest BCUT2D eigenvalue weighted by molar-refractivity contribution is 5.96. The van der Waals surface area contributed by atoms with Crippen molar-refractivity contribution >= 4 is 5.78 Å². The second kappa shape index (κ2) is 6.32. The van der Waals surface area contributed by atoms with Gasteiger partial charge in [-0.15, -0.1) is 0 Å². The fraction of sp³-hybridized carbons (Fsp3) is 0.353. The van der Waals surface area contributed by atoms with Crippen LogP contribution in [0.15, 0.2) is 30.6 Å². The molecule has 0 saturated heterocycles. The lowest BCUT2D eigenvalue weighted by atomic mass is 9.80. The van der Waals surface area contributed by atoms with E-state index >= 15 is 0 Å². The molecule has 1 aromatic carbocycles. The monoisotopic (exact) mass is 302 g/mol. The number of halogens is 1. The van der Waals surface area contributed by atoms with Crippen LogP contribution in [0.3, 0.4) is 0 Å². The molecule has 0 aliphatic rings. The summed E-state index contributed by atoms with van der Waals surface area (Å²) in [4.78, 5) is 19.7. The van der Waals surface area contributed by atoms with E-state index in [0.717, 1.165) is 5.56 Å². The lowest BCUT2D eigenvalue weighted by molar-refractivity contribution is 0.0903. The molecule has 0 bridgehead atoms. The molecule has 2 rings (SSSR count). The van der Waals surface area contributed by atoms with Gasteiger partial charge in [0, 0.05) is 18.8 Å². The van der Waals surface area contributed by atoms with Crippen LogP contribution in [0.25, 0.3) is 0 Å². The molecule has 2 aromatic rings. The van der Waals surface area contributed by atoms with Crippen molar-refractivity contribution in [2.24, 2.45) is 0 Å². The number of aryl methyl sites for hydroxylation is 1. The number of rotatable bonds is 5. The fourth-order valence-electron chi connectivity index (χ4n) is 2.24. The maximum absolute atomic E-state index is 13.4. The second-order valence-corrected chi connectivity index (χ2v) is 5.99. The molecule has 0 spiro atoms. The summed E-state index contributed by atoms with van der Waals surface area (Å²) in [5, 5.41) is 8.81. The molecule has 4 nitrogen and oxygen atoms in total. The van der Waals surface area contributed by atoms with E-state index in [1.807, 2.05) is 19.9 Å². The van der Waals surface area contributed by atoms with Gasteiger partial charge in [0.15, 0.2) is 5.78 Å². The fourth-order valence-corrected chi connectivity index (χ4v) is 2.24. The molecule has 0 aliphatic carbocycles. The third kappa shape index (κ3) is 3.54. The zero-order chi connectivity index (χ0) is 16.3. The molecule has 0 unspecified atom stereocenters. The average Bonchev–Trinajstić information content (AvgIpc) is 2.49. The molecule has 22 heavy (non-hydrogen) atoms. The molecule has 0 radical (unpaired) electrons. The van der Waals surface area contributed by atoms with Gasteiger partial charge in [-0.05, 0) is 29.5 Å². The Hall–Kier alpha value is -2.14. The van der Waals surface area contributed by atoms with Gasteiger partial charge < -0.3 is 5.11 Å². The summed E-state index contributed by atoms with van der Waals surface area (Å²) >= 11 is 0. The van der Waals surface area contributed by atoms with E-state index in [-0.39, 0.29) is 11.2 Å². The maximum atomic E-state index is 13.4. The number of hydrogen-bond acceptors (Lipinski definition) is 4. The van der Waals surface area contributed by atoms with Crippen LogP contribution in [-0.2, 0) is 11.8 Å². The number of ketones is 1. The van der Waals surface area contributed by atoms with Crippen molar-refractivity contribution < 1.29 is 14.3 Å². The molecule has 1 heterocycles. The first-order chi connectivity index (χ1) is 10.3. The van der Waals surface area contributed by atoms with Crippen LogP contribution in [0, 0.1) is 12.7 Å². The lowest BCUT2D eigenvalue weighted by Crippen LogP contribution is -2.22. The van der Waals surface area contributed by atoms with E-state index in [1.54, 1.807) is 13.0 Å². The predicted octanol–water partition coefficient (Wildman–Crippen LogP) is 2.62. The first kappa shape index (κ1) is 16.2. The molecular formula is C17H19FN2O2. The van der Waals surface area contributed by atoms with Gasteiger partial charge in [-0.25, -0.2) is 14.4 Å². The Morgan fingerprint density at radius 2 is 1.91 bits per heavy atom. The summed E-state index contributed by atoms with van der Waals surface area (Å²) in [5.74, 6) is -0.0240. The van der Waals surface area contributed by atoms with Gasteiger partial charge in [-0.3, -0.25) is 4.79 Å². The van der Waals surface area contributed by atoms with Crippen LogP contribution >= 0.6 is 0 Å². The first-order valence-electron chi connectivity index (χ1n) is 7.05. The van der Waals surface area contributed by atoms with E-state index in [0.29, 0.717) is 23.4 Å². The van der Waals surface area contributed by atoms with Gasteiger partial charge in [0.05, 0.1) is 5.56 Å². The van der Waals surface area contributed by atoms with E-state index < -0.39 is 12.4 Å². The minimum Gasteiger partial charge on any atom is -0.388 e. The van der Waals surface area contributed by atoms with Crippen LogP contribution in [0.5, 0.6) is 0 Å². The Morgan fingerprint density at radius 1 is 1.27 bits per heavy atom. The molecule has 116 valence electrons. The average molecular weight is 302 g/mol. The lowest BCUT2D eigenvalue weighted by Gasteiger charge is -2.25. The number of aliphatic hydroxyl groups is 1. The molecule has 5 heteroatoms. The number of nitrogens with zero attached hydrogens (tertiary/aromatic N) is 2. The summed E-state index contributed by atoms with van der Waals surface area (Å²) < 4.78 is 13.4. The van der Waals surface area contributed by atoms with Crippen molar-refractivity contribution in [3.8, 4) is 0 Å². The van der Waals surface area contributed by atoms with E-state index in [4.69, 9.17) is 5.11 Å². The number of aromatic nitrogens is 2. The highest BCUT2D eigenvalue weighted by Crippen LogP contribution is 2.27. The number of Topliss-reactive ketones (excluding diaryl/α,β-unsaturated/α-hetero) is 1. The number of hydrogen-bond donors (Lipinski definition) is 1. The number of benzene rings is 1. The van der Waals surface area contributed by atoms with Gasteiger partial charge in [-0.1, -0.05) is 26.0 Å². The SMILES string of the molecule is Cc1cc(C(C)(C)Cc2ncc(C(=O)CO)cn2)ccc1F. The van der Waals surface area contributed by atoms with Crippen LogP contribution in [0.1, 0.15) is 41.2 Å². The Balaban J connectivity index is 2.20. The highest BCUT2D eigenvalue weighted by atomic mass is 19.1. The van der Waals surface area contributed by atoms with Crippen LogP contribution < -0.4 is 0 Å². The van der Waals surface area contributed by atoms with Gasteiger partial charge in [0.2, 0.25) is 0 Å². The standard InChI is InChI=1S/C17H19FN2O2/c1-11-6-13(4-5-14(11)18)17(2,3)7-16-19-8-12(9-20-16)15(22)10-21/h4-6,8-9,21H,7,10H2,1-3H3. The Kier molecular flexibility index (Phi) is 4.66. The van der Waals surface area contributed by atoms with Gasteiger partial charge >= 0.3 is 0 Å². The summed E-state index contributed by atoms with van der Waals surface area (Å²) in [6, 6.07) is 5.07. The molecule has 0 aliphatic heterocycles. The number of carbonyl (C=O) groups is 1. The predicted molar refractivity (Wildman–Crippen MR) is 81.3 cm³/mol. The van der Waals surface area contributed by atoms with Crippen LogP contribution in [-0.4, -0.2) is 27.5 Å². The second-order valence-electron chi connectivity index (χ2n) is 5.99. The number of carbonyl (C=O) groups excluding carboxylic acids is 1. The summed E-state index contributed by atoms with van der Waals surface area (Å²) in [5.41, 5.74) is 1.64. The normalized spacial score (nSPS) is 11.5. The molecule has 0 fully saturated rings. The Labute approximate surface area is 129 Å². The van der Waals surface area contributed by atoms with Crippen molar-refractivity contribution in [1.29, 1.82) is 0 Å². The first-order valence-corrected chi connectivity index (χ1v) is 7.05. The molecule has 0 saturated carbocycles. The van der Waals surface area contributed by atoms with Crippen molar-refractivity contribution in [3.63, 3.8) is 0 Å². The smallest absolute Gasteiger partial charge is 0.191 e. The third-order valence-electron chi connectivity index (χ3n) is 3.71. The van der Waals surface area contributed by atoms with E-state index in [9.17, 15) is 9.18 Å². The quantitative estimate of drug-likeness (QED) is 0.862. The Morgan fingerprint density at radius 3 is 2.45 bits per heavy atom. The van der Waals surface area contributed by atoms with E-state index in [2.05, 4.69) is 9.97 Å². The van der Waals surface area contributed by atoms with Crippen molar-refractivity contribution in [2.75, 3.05) is 6.61 Å². The van der Waals surface area contributed by atoms with Crippen LogP contribution in [0.4, 0.5) is 4.39 Å². The Bertz CT molecular complexity index is 682. The largest absolute Gasteiger partial charge is 0.388 e. The molecule has 0 atom stereocenters. The van der Waals surface area contributed by atoms with Crippen molar-refractivity contribution in [3.05, 3.63) is 58.9 Å². The third-order valence-corrected chi connectivity index (χ3v) is 3.71. The van der Waals surface area contributed by atoms with Crippen LogP contribution in [0.2, 0.25) is 0 Å².